The Bertz CT molecular complexity index is 949. The summed E-state index contributed by atoms with van der Waals surface area (Å²) in [6.45, 7) is -0.123. The lowest BCUT2D eigenvalue weighted by Crippen LogP contribution is -2.31. The first-order valence-electron chi connectivity index (χ1n) is 8.78. The minimum absolute atomic E-state index is 0.123. The Hall–Kier alpha value is -2.97. The van der Waals surface area contributed by atoms with E-state index in [0.29, 0.717) is 28.5 Å². The summed E-state index contributed by atoms with van der Waals surface area (Å²) in [5.41, 5.74) is 1.10. The number of imide groups is 1. The average Bonchev–Trinajstić information content (AvgIpc) is 3.00. The summed E-state index contributed by atoms with van der Waals surface area (Å²) < 4.78 is 15.9. The summed E-state index contributed by atoms with van der Waals surface area (Å²) in [6.07, 6.45) is 0. The number of carbonyl (C=O) groups excluding carboxylic acids is 2. The second-order valence-corrected chi connectivity index (χ2v) is 7.10. The maximum Gasteiger partial charge on any atom is 0.272 e. The molecule has 0 bridgehead atoms. The molecule has 1 aliphatic rings. The quantitative estimate of drug-likeness (QED) is 0.664. The number of ether oxygens (including phenoxy) is 3. The fraction of sp³-hybridized carbons (Fsp3) is 0.238. The zero-order valence-electron chi connectivity index (χ0n) is 16.3. The Morgan fingerprint density at radius 3 is 2.17 bits per heavy atom. The summed E-state index contributed by atoms with van der Waals surface area (Å²) in [5, 5.41) is 9.24. The maximum absolute atomic E-state index is 13.4. The molecule has 0 radical (unpaired) electrons. The van der Waals surface area contributed by atoms with E-state index in [2.05, 4.69) is 0 Å². The van der Waals surface area contributed by atoms with Crippen LogP contribution in [0.5, 0.6) is 17.2 Å². The Labute approximate surface area is 172 Å². The van der Waals surface area contributed by atoms with E-state index in [0.717, 1.165) is 16.7 Å². The summed E-state index contributed by atoms with van der Waals surface area (Å²) in [7, 11) is 4.49. The molecule has 3 rings (SSSR count). The molecule has 152 valence electrons. The van der Waals surface area contributed by atoms with Crippen molar-refractivity contribution in [2.75, 3.05) is 38.6 Å². The molecular weight excluding hydrogens is 394 g/mol. The van der Waals surface area contributed by atoms with Gasteiger partial charge in [-0.25, -0.2) is 4.90 Å². The van der Waals surface area contributed by atoms with Crippen LogP contribution in [0.25, 0.3) is 5.57 Å². The van der Waals surface area contributed by atoms with Crippen molar-refractivity contribution in [1.29, 1.82) is 0 Å². The van der Waals surface area contributed by atoms with Crippen LogP contribution in [-0.2, 0) is 9.59 Å². The van der Waals surface area contributed by atoms with Gasteiger partial charge in [-0.3, -0.25) is 9.59 Å². The van der Waals surface area contributed by atoms with Gasteiger partial charge in [0.25, 0.3) is 11.8 Å². The van der Waals surface area contributed by atoms with E-state index in [9.17, 15) is 14.7 Å². The van der Waals surface area contributed by atoms with Crippen LogP contribution < -0.4 is 19.1 Å². The van der Waals surface area contributed by atoms with Gasteiger partial charge in [-0.2, -0.15) is 0 Å². The number of aliphatic hydroxyl groups excluding tert-OH is 1. The SMILES string of the molecule is COc1cc(OC)cc(N2C(=O)C(SCCO)=C(c3ccccc3OC)C2=O)c1. The first-order chi connectivity index (χ1) is 14.0. The smallest absolute Gasteiger partial charge is 0.272 e. The number of carbonyl (C=O) groups is 2. The van der Waals surface area contributed by atoms with Crippen LogP contribution in [-0.4, -0.2) is 50.6 Å². The highest BCUT2D eigenvalue weighted by Gasteiger charge is 2.41. The molecule has 0 spiro atoms. The fourth-order valence-electron chi connectivity index (χ4n) is 3.04. The molecule has 2 aromatic carbocycles. The summed E-state index contributed by atoms with van der Waals surface area (Å²) in [6, 6.07) is 11.9. The van der Waals surface area contributed by atoms with Crippen LogP contribution >= 0.6 is 11.8 Å². The fourth-order valence-corrected chi connectivity index (χ4v) is 3.89. The predicted molar refractivity (Wildman–Crippen MR) is 111 cm³/mol. The maximum atomic E-state index is 13.4. The molecule has 0 saturated carbocycles. The predicted octanol–water partition coefficient (Wildman–Crippen LogP) is 2.72. The number of anilines is 1. The van der Waals surface area contributed by atoms with E-state index < -0.39 is 11.8 Å². The Morgan fingerprint density at radius 2 is 1.59 bits per heavy atom. The van der Waals surface area contributed by atoms with Gasteiger partial charge in [0.2, 0.25) is 0 Å². The van der Waals surface area contributed by atoms with Crippen molar-refractivity contribution in [2.24, 2.45) is 0 Å². The first kappa shape index (κ1) is 20.8. The number of benzene rings is 2. The van der Waals surface area contributed by atoms with Crippen LogP contribution in [0, 0.1) is 0 Å². The minimum Gasteiger partial charge on any atom is -0.497 e. The largest absolute Gasteiger partial charge is 0.497 e. The van der Waals surface area contributed by atoms with Gasteiger partial charge in [0.15, 0.2) is 0 Å². The van der Waals surface area contributed by atoms with Crippen molar-refractivity contribution < 1.29 is 28.9 Å². The highest BCUT2D eigenvalue weighted by molar-refractivity contribution is 8.04. The lowest BCUT2D eigenvalue weighted by Gasteiger charge is -2.17. The normalized spacial score (nSPS) is 13.9. The van der Waals surface area contributed by atoms with E-state index in [1.165, 1.54) is 21.3 Å². The zero-order chi connectivity index (χ0) is 21.0. The van der Waals surface area contributed by atoms with Crippen molar-refractivity contribution in [3.8, 4) is 17.2 Å². The molecule has 7 nitrogen and oxygen atoms in total. The van der Waals surface area contributed by atoms with Crippen molar-refractivity contribution >= 4 is 34.8 Å². The number of aliphatic hydroxyl groups is 1. The average molecular weight is 415 g/mol. The minimum atomic E-state index is -0.477. The summed E-state index contributed by atoms with van der Waals surface area (Å²) >= 11 is 1.14. The Morgan fingerprint density at radius 1 is 0.931 bits per heavy atom. The lowest BCUT2D eigenvalue weighted by molar-refractivity contribution is -0.119. The molecule has 2 amide bonds. The third-order valence-corrected chi connectivity index (χ3v) is 5.40. The van der Waals surface area contributed by atoms with Gasteiger partial charge < -0.3 is 19.3 Å². The Balaban J connectivity index is 2.14. The molecule has 0 saturated heterocycles. The van der Waals surface area contributed by atoms with Gasteiger partial charge in [0, 0.05) is 29.5 Å². The summed E-state index contributed by atoms with van der Waals surface area (Å²) in [5.74, 6) is 0.726. The van der Waals surface area contributed by atoms with Gasteiger partial charge >= 0.3 is 0 Å². The molecule has 29 heavy (non-hydrogen) atoms. The standard InChI is InChI=1S/C21H21NO6S/c1-26-14-10-13(11-15(12-14)27-2)22-20(24)18(19(21(22)25)29-9-8-23)16-6-4-5-7-17(16)28-3/h4-7,10-12,23H,8-9H2,1-3H3. The van der Waals surface area contributed by atoms with Crippen molar-refractivity contribution in [3.63, 3.8) is 0 Å². The van der Waals surface area contributed by atoms with Crippen LogP contribution in [0.2, 0.25) is 0 Å². The monoisotopic (exact) mass is 415 g/mol. The van der Waals surface area contributed by atoms with Crippen LogP contribution in [0.3, 0.4) is 0 Å². The van der Waals surface area contributed by atoms with Crippen LogP contribution in [0.15, 0.2) is 47.4 Å². The van der Waals surface area contributed by atoms with Crippen LogP contribution in [0.4, 0.5) is 5.69 Å². The van der Waals surface area contributed by atoms with Gasteiger partial charge in [0.1, 0.15) is 17.2 Å². The van der Waals surface area contributed by atoms with E-state index in [1.54, 1.807) is 42.5 Å². The lowest BCUT2D eigenvalue weighted by atomic mass is 10.0. The topological polar surface area (TPSA) is 85.3 Å². The molecule has 1 N–H and O–H groups in total. The third kappa shape index (κ3) is 3.94. The van der Waals surface area contributed by atoms with Gasteiger partial charge in [-0.05, 0) is 6.07 Å². The van der Waals surface area contributed by atoms with Gasteiger partial charge in [0.05, 0.1) is 44.1 Å². The molecule has 0 fully saturated rings. The van der Waals surface area contributed by atoms with E-state index in [-0.39, 0.29) is 22.8 Å². The number of para-hydroxylation sites is 1. The van der Waals surface area contributed by atoms with Crippen LogP contribution in [0.1, 0.15) is 5.56 Å². The molecule has 0 aromatic heterocycles. The highest BCUT2D eigenvalue weighted by Crippen LogP contribution is 2.42. The molecule has 0 atom stereocenters. The number of methoxy groups -OCH3 is 3. The molecule has 0 unspecified atom stereocenters. The van der Waals surface area contributed by atoms with E-state index in [4.69, 9.17) is 14.2 Å². The Kier molecular flexibility index (Phi) is 6.46. The number of hydrogen-bond donors (Lipinski definition) is 1. The molecular formula is C21H21NO6S. The number of thioether (sulfide) groups is 1. The molecule has 1 aliphatic heterocycles. The van der Waals surface area contributed by atoms with Crippen molar-refractivity contribution in [1.82, 2.24) is 0 Å². The summed E-state index contributed by atoms with van der Waals surface area (Å²) in [4.78, 5) is 28.0. The van der Waals surface area contributed by atoms with Crippen molar-refractivity contribution in [2.45, 2.75) is 0 Å². The second kappa shape index (κ2) is 9.02. The number of hydrogen-bond acceptors (Lipinski definition) is 7. The number of nitrogens with zero attached hydrogens (tertiary/aromatic N) is 1. The molecule has 8 heteroatoms. The number of amides is 2. The first-order valence-corrected chi connectivity index (χ1v) is 9.77. The molecule has 0 aliphatic carbocycles. The number of rotatable bonds is 8. The molecule has 1 heterocycles. The van der Waals surface area contributed by atoms with Crippen molar-refractivity contribution in [3.05, 3.63) is 52.9 Å². The molecule has 2 aromatic rings. The van der Waals surface area contributed by atoms with E-state index >= 15 is 0 Å². The van der Waals surface area contributed by atoms with E-state index in [1.807, 2.05) is 0 Å². The second-order valence-electron chi connectivity index (χ2n) is 5.99. The third-order valence-electron chi connectivity index (χ3n) is 4.35. The van der Waals surface area contributed by atoms with Gasteiger partial charge in [-0.15, -0.1) is 11.8 Å². The van der Waals surface area contributed by atoms with Gasteiger partial charge in [-0.1, -0.05) is 18.2 Å². The highest BCUT2D eigenvalue weighted by atomic mass is 32.2. The zero-order valence-corrected chi connectivity index (χ0v) is 17.1.